The Balaban J connectivity index is 2.69. The zero-order valence-corrected chi connectivity index (χ0v) is 10.8. The van der Waals surface area contributed by atoms with Gasteiger partial charge in [0, 0.05) is 0 Å². The van der Waals surface area contributed by atoms with Crippen molar-refractivity contribution in [2.24, 2.45) is 0 Å². The summed E-state index contributed by atoms with van der Waals surface area (Å²) in [6, 6.07) is 6.56. The van der Waals surface area contributed by atoms with Crippen LogP contribution in [-0.4, -0.2) is 14.5 Å². The number of rotatable bonds is 6. The molecule has 0 heterocycles. The summed E-state index contributed by atoms with van der Waals surface area (Å²) in [4.78, 5) is 7.32. The van der Waals surface area contributed by atoms with Gasteiger partial charge in [-0.3, -0.25) is 4.84 Å². The van der Waals surface area contributed by atoms with Crippen LogP contribution in [0.15, 0.2) is 41.8 Å². The average Bonchev–Trinajstić information content (AvgIpc) is 2.28. The molecular formula is C12H17NO3S. The maximum absolute atomic E-state index is 11.8. The van der Waals surface area contributed by atoms with E-state index in [1.807, 2.05) is 6.92 Å². The summed E-state index contributed by atoms with van der Waals surface area (Å²) in [6.45, 7) is 7.21. The fraction of sp³-hybridized carbons (Fsp3) is 0.333. The van der Waals surface area contributed by atoms with Crippen molar-refractivity contribution in [1.29, 1.82) is 0 Å². The summed E-state index contributed by atoms with van der Waals surface area (Å²) in [6.07, 6.45) is 2.01. The number of sulfonamides is 1. The Morgan fingerprint density at radius 2 is 2.00 bits per heavy atom. The van der Waals surface area contributed by atoms with E-state index in [0.717, 1.165) is 5.56 Å². The van der Waals surface area contributed by atoms with Crippen molar-refractivity contribution in [3.8, 4) is 0 Å². The summed E-state index contributed by atoms with van der Waals surface area (Å²) in [7, 11) is -3.60. The van der Waals surface area contributed by atoms with Gasteiger partial charge in [-0.15, -0.1) is 6.58 Å². The third-order valence-electron chi connectivity index (χ3n) is 2.19. The van der Waals surface area contributed by atoms with Crippen LogP contribution in [-0.2, 0) is 14.9 Å². The van der Waals surface area contributed by atoms with Crippen molar-refractivity contribution < 1.29 is 13.3 Å². The van der Waals surface area contributed by atoms with Gasteiger partial charge in [0.1, 0.15) is 0 Å². The first-order valence-corrected chi connectivity index (χ1v) is 6.79. The van der Waals surface area contributed by atoms with Crippen molar-refractivity contribution >= 4 is 10.0 Å². The molecule has 0 aliphatic rings. The first-order valence-electron chi connectivity index (χ1n) is 5.30. The van der Waals surface area contributed by atoms with Gasteiger partial charge in [-0.2, -0.15) is 0 Å². The summed E-state index contributed by atoms with van der Waals surface area (Å²) >= 11 is 0. The minimum absolute atomic E-state index is 0.189. The average molecular weight is 255 g/mol. The lowest BCUT2D eigenvalue weighted by molar-refractivity contribution is 0.0313. The molecule has 0 amide bonds. The molecule has 17 heavy (non-hydrogen) atoms. The highest BCUT2D eigenvalue weighted by Crippen LogP contribution is 2.10. The Kier molecular flexibility index (Phi) is 4.86. The molecule has 0 aromatic heterocycles. The van der Waals surface area contributed by atoms with Gasteiger partial charge in [-0.05, 0) is 32.4 Å². The summed E-state index contributed by atoms with van der Waals surface area (Å²) in [5, 5.41) is 0. The maximum atomic E-state index is 11.8. The summed E-state index contributed by atoms with van der Waals surface area (Å²) < 4.78 is 23.6. The molecule has 1 unspecified atom stereocenters. The quantitative estimate of drug-likeness (QED) is 0.626. The fourth-order valence-corrected chi connectivity index (χ4v) is 2.08. The Morgan fingerprint density at radius 3 is 2.53 bits per heavy atom. The van der Waals surface area contributed by atoms with Crippen molar-refractivity contribution in [1.82, 2.24) is 4.89 Å². The molecule has 1 N–H and O–H groups in total. The van der Waals surface area contributed by atoms with Crippen molar-refractivity contribution in [2.75, 3.05) is 0 Å². The molecule has 4 nitrogen and oxygen atoms in total. The van der Waals surface area contributed by atoms with Crippen LogP contribution in [0.5, 0.6) is 0 Å². The standard InChI is InChI=1S/C12H17NO3S/c1-4-5-11(3)16-13-17(14,15)12-8-6-10(2)7-9-12/h4,6-9,11,13H,1,5H2,2-3H3. The third-order valence-corrected chi connectivity index (χ3v) is 3.40. The first-order chi connectivity index (χ1) is 7.95. The number of hydrogen-bond acceptors (Lipinski definition) is 3. The summed E-state index contributed by atoms with van der Waals surface area (Å²) in [5.41, 5.74) is 1.00. The van der Waals surface area contributed by atoms with E-state index >= 15 is 0 Å². The van der Waals surface area contributed by atoms with E-state index in [1.165, 1.54) is 0 Å². The number of aryl methyl sites for hydroxylation is 1. The smallest absolute Gasteiger partial charge is 0.262 e. The highest BCUT2D eigenvalue weighted by Gasteiger charge is 2.14. The Hall–Kier alpha value is -1.17. The second kappa shape index (κ2) is 5.95. The SMILES string of the molecule is C=CCC(C)ONS(=O)(=O)c1ccc(C)cc1. The van der Waals surface area contributed by atoms with E-state index in [-0.39, 0.29) is 11.0 Å². The lowest BCUT2D eigenvalue weighted by atomic mass is 10.2. The minimum atomic E-state index is -3.60. The molecule has 0 saturated carbocycles. The highest BCUT2D eigenvalue weighted by molar-refractivity contribution is 7.89. The second-order valence-electron chi connectivity index (χ2n) is 3.85. The molecule has 1 aromatic rings. The van der Waals surface area contributed by atoms with Gasteiger partial charge in [0.25, 0.3) is 10.0 Å². The van der Waals surface area contributed by atoms with Crippen LogP contribution >= 0.6 is 0 Å². The van der Waals surface area contributed by atoms with Crippen LogP contribution in [0.4, 0.5) is 0 Å². The lowest BCUT2D eigenvalue weighted by Gasteiger charge is -2.11. The second-order valence-corrected chi connectivity index (χ2v) is 5.50. The van der Waals surface area contributed by atoms with Gasteiger partial charge >= 0.3 is 0 Å². The number of nitrogens with one attached hydrogen (secondary N) is 1. The van der Waals surface area contributed by atoms with Crippen molar-refractivity contribution in [3.05, 3.63) is 42.5 Å². The van der Waals surface area contributed by atoms with Gasteiger partial charge < -0.3 is 0 Å². The van der Waals surface area contributed by atoms with Gasteiger partial charge in [-0.25, -0.2) is 8.42 Å². The molecule has 0 spiro atoms. The monoisotopic (exact) mass is 255 g/mol. The largest absolute Gasteiger partial charge is 0.283 e. The van der Waals surface area contributed by atoms with Gasteiger partial charge in [0.2, 0.25) is 0 Å². The molecule has 0 radical (unpaired) electrons. The number of hydrogen-bond donors (Lipinski definition) is 1. The van der Waals surface area contributed by atoms with Crippen molar-refractivity contribution in [2.45, 2.75) is 31.3 Å². The lowest BCUT2D eigenvalue weighted by Crippen LogP contribution is -2.28. The van der Waals surface area contributed by atoms with Gasteiger partial charge in [-0.1, -0.05) is 28.7 Å². The van der Waals surface area contributed by atoms with Gasteiger partial charge in [0.15, 0.2) is 0 Å². The van der Waals surface area contributed by atoms with Crippen LogP contribution in [0.1, 0.15) is 18.9 Å². The zero-order chi connectivity index (χ0) is 12.9. The summed E-state index contributed by atoms with van der Waals surface area (Å²) in [5.74, 6) is 0. The zero-order valence-electron chi connectivity index (χ0n) is 10.0. The molecular weight excluding hydrogens is 238 g/mol. The predicted molar refractivity (Wildman–Crippen MR) is 66.9 cm³/mol. The Morgan fingerprint density at radius 1 is 1.41 bits per heavy atom. The normalized spacial score (nSPS) is 13.3. The number of benzene rings is 1. The van der Waals surface area contributed by atoms with Crippen LogP contribution < -0.4 is 4.89 Å². The van der Waals surface area contributed by atoms with E-state index in [2.05, 4.69) is 11.5 Å². The van der Waals surface area contributed by atoms with E-state index in [4.69, 9.17) is 4.84 Å². The minimum Gasteiger partial charge on any atom is -0.283 e. The predicted octanol–water partition coefficient (Wildman–Crippen LogP) is 2.17. The molecule has 1 atom stereocenters. The third kappa shape index (κ3) is 4.30. The first kappa shape index (κ1) is 13.9. The molecule has 1 aromatic carbocycles. The molecule has 0 saturated heterocycles. The molecule has 0 aliphatic carbocycles. The van der Waals surface area contributed by atoms with Gasteiger partial charge in [0.05, 0.1) is 11.0 Å². The van der Waals surface area contributed by atoms with E-state index in [9.17, 15) is 8.42 Å². The van der Waals surface area contributed by atoms with Crippen molar-refractivity contribution in [3.63, 3.8) is 0 Å². The van der Waals surface area contributed by atoms with Crippen LogP contribution in [0.3, 0.4) is 0 Å². The molecule has 5 heteroatoms. The van der Waals surface area contributed by atoms with Crippen LogP contribution in [0.2, 0.25) is 0 Å². The molecule has 94 valence electrons. The van der Waals surface area contributed by atoms with E-state index in [1.54, 1.807) is 37.3 Å². The molecule has 0 bridgehead atoms. The fourth-order valence-electron chi connectivity index (χ4n) is 1.19. The van der Waals surface area contributed by atoms with Crippen LogP contribution in [0.25, 0.3) is 0 Å². The molecule has 0 aliphatic heterocycles. The molecule has 0 fully saturated rings. The van der Waals surface area contributed by atoms with E-state index < -0.39 is 10.0 Å². The topological polar surface area (TPSA) is 55.4 Å². The highest BCUT2D eigenvalue weighted by atomic mass is 32.2. The van der Waals surface area contributed by atoms with Crippen LogP contribution in [0, 0.1) is 6.92 Å². The Labute approximate surface area is 102 Å². The molecule has 1 rings (SSSR count). The Bertz CT molecular complexity index is 465. The maximum Gasteiger partial charge on any atom is 0.262 e. The van der Waals surface area contributed by atoms with E-state index in [0.29, 0.717) is 6.42 Å².